The molecule has 1 amide bonds. The van der Waals surface area contributed by atoms with Crippen LogP contribution in [-0.2, 0) is 16.1 Å². The summed E-state index contributed by atoms with van der Waals surface area (Å²) in [6.07, 6.45) is 7.35. The summed E-state index contributed by atoms with van der Waals surface area (Å²) in [5.74, 6) is 0.290. The van der Waals surface area contributed by atoms with Gasteiger partial charge in [0.05, 0.1) is 5.92 Å². The third-order valence-electron chi connectivity index (χ3n) is 6.22. The van der Waals surface area contributed by atoms with Crippen LogP contribution in [0.25, 0.3) is 0 Å². The van der Waals surface area contributed by atoms with Gasteiger partial charge in [0, 0.05) is 18.5 Å². The zero-order valence-corrected chi connectivity index (χ0v) is 15.6. The smallest absolute Gasteiger partial charge is 0.306 e. The van der Waals surface area contributed by atoms with Gasteiger partial charge in [-0.25, -0.2) is 0 Å². The van der Waals surface area contributed by atoms with E-state index in [4.69, 9.17) is 9.47 Å². The fraction of sp³-hybridized carbons (Fsp3) is 0.619. The van der Waals surface area contributed by atoms with Crippen LogP contribution in [0.5, 0.6) is 11.5 Å². The van der Waals surface area contributed by atoms with Crippen LogP contribution in [0, 0.1) is 11.8 Å². The molecule has 0 unspecified atom stereocenters. The van der Waals surface area contributed by atoms with E-state index in [2.05, 4.69) is 0 Å². The minimum absolute atomic E-state index is 0.128. The number of amides is 1. The zero-order chi connectivity index (χ0) is 18.8. The highest BCUT2D eigenvalue weighted by atomic mass is 16.7. The molecule has 146 valence electrons. The summed E-state index contributed by atoms with van der Waals surface area (Å²) in [6, 6.07) is 6.10. The number of carboxylic acids is 1. The number of carbonyl (C=O) groups is 2. The molecule has 1 heterocycles. The Morgan fingerprint density at radius 1 is 1.00 bits per heavy atom. The van der Waals surface area contributed by atoms with Crippen molar-refractivity contribution in [2.24, 2.45) is 11.8 Å². The molecule has 4 rings (SSSR count). The summed E-state index contributed by atoms with van der Waals surface area (Å²) in [5, 5.41) is 9.27. The highest BCUT2D eigenvalue weighted by Crippen LogP contribution is 2.36. The maximum atomic E-state index is 13.3. The van der Waals surface area contributed by atoms with Crippen LogP contribution in [0.4, 0.5) is 0 Å². The Balaban J connectivity index is 1.52. The molecule has 0 spiro atoms. The van der Waals surface area contributed by atoms with Crippen molar-refractivity contribution in [2.75, 3.05) is 6.79 Å². The Hall–Kier alpha value is -2.24. The summed E-state index contributed by atoms with van der Waals surface area (Å²) >= 11 is 0. The number of benzene rings is 1. The van der Waals surface area contributed by atoms with Gasteiger partial charge in [0.15, 0.2) is 11.5 Å². The van der Waals surface area contributed by atoms with Crippen molar-refractivity contribution in [1.29, 1.82) is 0 Å². The molecule has 1 aromatic carbocycles. The average molecular weight is 373 g/mol. The van der Waals surface area contributed by atoms with Crippen LogP contribution < -0.4 is 9.47 Å². The maximum absolute atomic E-state index is 13.3. The van der Waals surface area contributed by atoms with Crippen LogP contribution in [-0.4, -0.2) is 34.7 Å². The standard InChI is InChI=1S/C21H27NO5/c23-20(15-7-8-16(11-15)21(24)25)22(17-4-2-1-3-5-17)12-14-6-9-18-19(10-14)27-13-26-18/h6,9-10,15-17H,1-5,7-8,11-13H2,(H,24,25)/t15-,16+/m0/s1. The highest BCUT2D eigenvalue weighted by molar-refractivity contribution is 5.81. The Bertz CT molecular complexity index is 713. The van der Waals surface area contributed by atoms with E-state index in [1.165, 1.54) is 6.42 Å². The first-order chi connectivity index (χ1) is 13.1. The van der Waals surface area contributed by atoms with Crippen molar-refractivity contribution in [2.45, 2.75) is 64.0 Å². The third-order valence-corrected chi connectivity index (χ3v) is 6.22. The lowest BCUT2D eigenvalue weighted by Gasteiger charge is -2.36. The molecule has 3 aliphatic rings. The van der Waals surface area contributed by atoms with Crippen LogP contribution in [0.2, 0.25) is 0 Å². The van der Waals surface area contributed by atoms with E-state index in [0.29, 0.717) is 25.8 Å². The second-order valence-electron chi connectivity index (χ2n) is 7.99. The monoisotopic (exact) mass is 373 g/mol. The Morgan fingerprint density at radius 2 is 1.74 bits per heavy atom. The molecule has 1 N–H and O–H groups in total. The van der Waals surface area contributed by atoms with E-state index in [0.717, 1.165) is 42.7 Å². The minimum atomic E-state index is -0.773. The molecule has 1 aliphatic heterocycles. The number of hydrogen-bond acceptors (Lipinski definition) is 4. The fourth-order valence-electron chi connectivity index (χ4n) is 4.68. The second kappa shape index (κ2) is 7.79. The van der Waals surface area contributed by atoms with Gasteiger partial charge in [-0.15, -0.1) is 0 Å². The molecule has 6 heteroatoms. The van der Waals surface area contributed by atoms with Crippen molar-refractivity contribution in [3.63, 3.8) is 0 Å². The molecule has 2 aliphatic carbocycles. The van der Waals surface area contributed by atoms with Gasteiger partial charge in [0.2, 0.25) is 12.7 Å². The molecule has 27 heavy (non-hydrogen) atoms. The summed E-state index contributed by atoms with van der Waals surface area (Å²) < 4.78 is 10.9. The van der Waals surface area contributed by atoms with E-state index < -0.39 is 5.97 Å². The number of carboxylic acid groups (broad SMARTS) is 1. The van der Waals surface area contributed by atoms with Gasteiger partial charge >= 0.3 is 5.97 Å². The molecule has 2 saturated carbocycles. The molecular formula is C21H27NO5. The fourth-order valence-corrected chi connectivity index (χ4v) is 4.68. The first kappa shape index (κ1) is 18.1. The summed E-state index contributed by atoms with van der Waals surface area (Å²) in [7, 11) is 0. The number of hydrogen-bond donors (Lipinski definition) is 1. The lowest BCUT2D eigenvalue weighted by atomic mass is 9.92. The number of rotatable bonds is 5. The van der Waals surface area contributed by atoms with Crippen LogP contribution >= 0.6 is 0 Å². The largest absolute Gasteiger partial charge is 0.481 e. The maximum Gasteiger partial charge on any atom is 0.306 e. The third kappa shape index (κ3) is 3.89. The molecule has 6 nitrogen and oxygen atoms in total. The molecule has 0 bridgehead atoms. The van der Waals surface area contributed by atoms with Crippen molar-refractivity contribution < 1.29 is 24.2 Å². The lowest BCUT2D eigenvalue weighted by molar-refractivity contribution is -0.142. The molecule has 0 radical (unpaired) electrons. The summed E-state index contributed by atoms with van der Waals surface area (Å²) in [5.41, 5.74) is 1.03. The zero-order valence-electron chi connectivity index (χ0n) is 15.6. The Kier molecular flexibility index (Phi) is 5.23. The Morgan fingerprint density at radius 3 is 2.48 bits per heavy atom. The predicted molar refractivity (Wildman–Crippen MR) is 98.5 cm³/mol. The van der Waals surface area contributed by atoms with Crippen molar-refractivity contribution in [3.05, 3.63) is 23.8 Å². The molecule has 1 aromatic rings. The van der Waals surface area contributed by atoms with Gasteiger partial charge in [-0.05, 0) is 49.8 Å². The molecule has 2 fully saturated rings. The number of fused-ring (bicyclic) bond motifs is 1. The van der Waals surface area contributed by atoms with E-state index in [9.17, 15) is 14.7 Å². The van der Waals surface area contributed by atoms with Crippen LogP contribution in [0.15, 0.2) is 18.2 Å². The molecular weight excluding hydrogens is 346 g/mol. The Labute approximate surface area is 159 Å². The van der Waals surface area contributed by atoms with Gasteiger partial charge in [-0.3, -0.25) is 9.59 Å². The number of ether oxygens (including phenoxy) is 2. The minimum Gasteiger partial charge on any atom is -0.481 e. The molecule has 0 aromatic heterocycles. The van der Waals surface area contributed by atoms with Crippen molar-refractivity contribution in [3.8, 4) is 11.5 Å². The highest BCUT2D eigenvalue weighted by Gasteiger charge is 2.38. The summed E-state index contributed by atoms with van der Waals surface area (Å²) in [4.78, 5) is 26.6. The van der Waals surface area contributed by atoms with Gasteiger partial charge < -0.3 is 19.5 Å². The van der Waals surface area contributed by atoms with Crippen LogP contribution in [0.1, 0.15) is 56.9 Å². The number of aliphatic carboxylic acids is 1. The quantitative estimate of drug-likeness (QED) is 0.854. The van der Waals surface area contributed by atoms with Crippen molar-refractivity contribution >= 4 is 11.9 Å². The van der Waals surface area contributed by atoms with E-state index >= 15 is 0 Å². The normalized spacial score (nSPS) is 24.7. The van der Waals surface area contributed by atoms with Gasteiger partial charge in [0.1, 0.15) is 0 Å². The van der Waals surface area contributed by atoms with Gasteiger partial charge in [-0.2, -0.15) is 0 Å². The van der Waals surface area contributed by atoms with Gasteiger partial charge in [0.25, 0.3) is 0 Å². The first-order valence-electron chi connectivity index (χ1n) is 10.0. The average Bonchev–Trinajstić information content (AvgIpc) is 3.35. The van der Waals surface area contributed by atoms with Gasteiger partial charge in [-0.1, -0.05) is 25.3 Å². The van der Waals surface area contributed by atoms with E-state index in [1.54, 1.807) is 0 Å². The van der Waals surface area contributed by atoms with Crippen LogP contribution in [0.3, 0.4) is 0 Å². The topological polar surface area (TPSA) is 76.1 Å². The summed E-state index contributed by atoms with van der Waals surface area (Å²) in [6.45, 7) is 0.789. The number of nitrogens with zero attached hydrogens (tertiary/aromatic N) is 1. The predicted octanol–water partition coefficient (Wildman–Crippen LogP) is 3.58. The molecule has 0 saturated heterocycles. The van der Waals surface area contributed by atoms with E-state index in [1.807, 2.05) is 23.1 Å². The SMILES string of the molecule is O=C(O)[C@@H]1CC[C@H](C(=O)N(Cc2ccc3c(c2)OCO3)C2CCCCC2)C1. The first-order valence-corrected chi connectivity index (χ1v) is 10.0. The van der Waals surface area contributed by atoms with Crippen molar-refractivity contribution in [1.82, 2.24) is 4.90 Å². The molecule has 2 atom stereocenters. The lowest BCUT2D eigenvalue weighted by Crippen LogP contribution is -2.43. The second-order valence-corrected chi connectivity index (χ2v) is 7.99. The number of carbonyl (C=O) groups excluding carboxylic acids is 1. The van der Waals surface area contributed by atoms with E-state index in [-0.39, 0.29) is 30.6 Å².